The summed E-state index contributed by atoms with van der Waals surface area (Å²) in [6.45, 7) is 0.833. The lowest BCUT2D eigenvalue weighted by molar-refractivity contribution is -0.137. The van der Waals surface area contributed by atoms with Gasteiger partial charge in [0.1, 0.15) is 36.3 Å². The number of rotatable bonds is 22. The number of hydrogen-bond acceptors (Lipinski definition) is 17. The number of aliphatic hydroxyl groups excluding tert-OH is 2. The monoisotopic (exact) mass is 833 g/mol. The first-order valence-electron chi connectivity index (χ1n) is 15.6. The van der Waals surface area contributed by atoms with Crippen LogP contribution in [0.1, 0.15) is 39.3 Å². The normalized spacial score (nSPS) is 22.1. The molecule has 1 fully saturated rings. The van der Waals surface area contributed by atoms with Crippen molar-refractivity contribution < 1.29 is 75.7 Å². The van der Waals surface area contributed by atoms with E-state index in [0.717, 1.165) is 29.4 Å². The van der Waals surface area contributed by atoms with Crippen molar-refractivity contribution in [1.29, 1.82) is 0 Å². The molecule has 2 aromatic rings. The second-order valence-corrected chi connectivity index (χ2v) is 17.4. The average Bonchev–Trinajstić information content (AvgIpc) is 3.62. The minimum Gasteiger partial charge on any atom is -0.386 e. The number of amides is 2. The summed E-state index contributed by atoms with van der Waals surface area (Å²) in [5.41, 5.74) is 4.30. The van der Waals surface area contributed by atoms with Crippen LogP contribution in [0.4, 0.5) is 5.82 Å². The van der Waals surface area contributed by atoms with Crippen LogP contribution >= 0.6 is 35.2 Å². The Hall–Kier alpha value is -2.55. The number of carbonyl (C=O) groups is 2. The number of imidazole rings is 1. The smallest absolute Gasteiger partial charge is 0.386 e. The molecule has 2 unspecified atom stereocenters. The van der Waals surface area contributed by atoms with Crippen molar-refractivity contribution in [2.24, 2.45) is 5.41 Å². The first-order chi connectivity index (χ1) is 24.7. The molecule has 1 aliphatic rings. The van der Waals surface area contributed by atoms with E-state index in [1.165, 1.54) is 13.8 Å². The third kappa shape index (κ3) is 13.9. The Bertz CT molecular complexity index is 1760. The van der Waals surface area contributed by atoms with Crippen LogP contribution < -0.4 is 16.4 Å². The van der Waals surface area contributed by atoms with Gasteiger partial charge in [0.25, 0.3) is 0 Å². The van der Waals surface area contributed by atoms with E-state index in [2.05, 4.69) is 40.3 Å². The number of nitrogens with two attached hydrogens (primary N) is 1. The van der Waals surface area contributed by atoms with E-state index in [9.17, 15) is 53.1 Å². The highest BCUT2D eigenvalue weighted by Gasteiger charge is 2.50. The first-order valence-corrected chi connectivity index (χ1v) is 21.2. The molecular formula is C26H42N7O16P3S. The van der Waals surface area contributed by atoms with Crippen molar-refractivity contribution in [3.63, 3.8) is 0 Å². The Morgan fingerprint density at radius 2 is 1.81 bits per heavy atom. The first kappa shape index (κ1) is 44.8. The Morgan fingerprint density at radius 1 is 1.11 bits per heavy atom. The number of carbonyl (C=O) groups excluding carboxylic acids is 2. The molecule has 0 aromatic carbocycles. The minimum atomic E-state index is -5.55. The number of fused-ring (bicyclic) bond motifs is 1. The summed E-state index contributed by atoms with van der Waals surface area (Å²) in [6, 6.07) is 0. The van der Waals surface area contributed by atoms with Gasteiger partial charge < -0.3 is 50.9 Å². The van der Waals surface area contributed by atoms with Crippen LogP contribution in [0.5, 0.6) is 0 Å². The number of phosphoric acid groups is 3. The summed E-state index contributed by atoms with van der Waals surface area (Å²) in [7, 11) is -16.3. The minimum absolute atomic E-state index is 0.0367. The molecule has 27 heteroatoms. The predicted octanol–water partition coefficient (Wildman–Crippen LogP) is -0.448. The number of phosphoric ester groups is 3. The fourth-order valence-corrected chi connectivity index (χ4v) is 8.21. The van der Waals surface area contributed by atoms with Crippen molar-refractivity contribution >= 4 is 64.0 Å². The number of terminal acetylenes is 1. The van der Waals surface area contributed by atoms with Gasteiger partial charge in [0.05, 0.1) is 19.5 Å². The van der Waals surface area contributed by atoms with Crippen LogP contribution in [0, 0.1) is 17.8 Å². The maximum Gasteiger partial charge on any atom is 0.481 e. The molecule has 0 bridgehead atoms. The zero-order valence-corrected chi connectivity index (χ0v) is 31.9. The van der Waals surface area contributed by atoms with Crippen molar-refractivity contribution in [3.8, 4) is 12.3 Å². The summed E-state index contributed by atoms with van der Waals surface area (Å²) in [4.78, 5) is 75.4. The Balaban J connectivity index is 1.51. The molecular weight excluding hydrogens is 791 g/mol. The second-order valence-electron chi connectivity index (χ2n) is 12.0. The number of aliphatic hydroxyl groups is 2. The van der Waals surface area contributed by atoms with Crippen LogP contribution in [0.15, 0.2) is 12.7 Å². The van der Waals surface area contributed by atoms with Gasteiger partial charge in [0.2, 0.25) is 11.8 Å². The van der Waals surface area contributed by atoms with Gasteiger partial charge in [-0.15, -0.1) is 12.3 Å². The molecule has 0 spiro atoms. The number of nitrogens with zero attached hydrogens (tertiary/aromatic N) is 4. The average molecular weight is 834 g/mol. The van der Waals surface area contributed by atoms with Crippen molar-refractivity contribution in [2.45, 2.75) is 63.8 Å². The fourth-order valence-electron chi connectivity index (χ4n) is 4.58. The van der Waals surface area contributed by atoms with Gasteiger partial charge in [-0.05, 0) is 12.2 Å². The summed E-state index contributed by atoms with van der Waals surface area (Å²) in [6.07, 6.45) is -0.0104. The molecule has 2 aromatic heterocycles. The van der Waals surface area contributed by atoms with Gasteiger partial charge >= 0.3 is 23.5 Å². The Kier molecular flexibility index (Phi) is 16.4. The maximum atomic E-state index is 12.6. The molecule has 23 nitrogen and oxygen atoms in total. The number of ether oxygens (including phenoxy) is 1. The van der Waals surface area contributed by atoms with E-state index < -0.39 is 78.6 Å². The van der Waals surface area contributed by atoms with Crippen LogP contribution in [0.2, 0.25) is 0 Å². The van der Waals surface area contributed by atoms with Crippen LogP contribution in [0.3, 0.4) is 0 Å². The van der Waals surface area contributed by atoms with Gasteiger partial charge in [-0.3, -0.25) is 27.7 Å². The highest BCUT2D eigenvalue weighted by Crippen LogP contribution is 2.61. The van der Waals surface area contributed by atoms with E-state index in [1.807, 2.05) is 0 Å². The van der Waals surface area contributed by atoms with E-state index in [1.54, 1.807) is 11.8 Å². The molecule has 0 saturated carbocycles. The molecule has 2 amide bonds. The standard InChI is InChI=1S/C26H42N7O16P3S/c1-4-5-6-10-53-11-9-28-17(34)7-8-29-24(37)21(36)26(2,3)13-46-52(43,44)49-51(41,42)45-12-16-20(48-50(38,39)40)19(35)25(47-16)33-15-32-18-22(27)30-14-31-23(18)33/h1,14-16,19-21,25,35-36H,5-13H2,2-3H3,(H,28,34)(H,29,37)(H,41,42)(H,43,44)(H2,27,30,31)(H2,38,39,40)/t16-,19-,20-,21+,25-/m1/s1. The predicted molar refractivity (Wildman–Crippen MR) is 185 cm³/mol. The highest BCUT2D eigenvalue weighted by molar-refractivity contribution is 7.99. The molecule has 3 heterocycles. The van der Waals surface area contributed by atoms with Gasteiger partial charge in [-0.1, -0.05) is 13.8 Å². The third-order valence-corrected chi connectivity index (χ3v) is 11.4. The number of anilines is 1. The van der Waals surface area contributed by atoms with Crippen LogP contribution in [-0.4, -0.2) is 123 Å². The number of nitrogen functional groups attached to an aromatic ring is 1. The fraction of sp³-hybridized carbons (Fsp3) is 0.654. The lowest BCUT2D eigenvalue weighted by Crippen LogP contribution is -2.46. The molecule has 298 valence electrons. The molecule has 0 aliphatic carbocycles. The van der Waals surface area contributed by atoms with Crippen molar-refractivity contribution in [3.05, 3.63) is 12.7 Å². The molecule has 53 heavy (non-hydrogen) atoms. The van der Waals surface area contributed by atoms with Gasteiger partial charge in [0, 0.05) is 37.1 Å². The number of thioether (sulfide) groups is 1. The van der Waals surface area contributed by atoms with Crippen molar-refractivity contribution in [2.75, 3.05) is 43.5 Å². The number of aromatic nitrogens is 4. The number of nitrogens with one attached hydrogen (secondary N) is 2. The molecule has 1 aliphatic heterocycles. The zero-order chi connectivity index (χ0) is 39.6. The quantitative estimate of drug-likeness (QED) is 0.0412. The largest absolute Gasteiger partial charge is 0.481 e. The van der Waals surface area contributed by atoms with Gasteiger partial charge in [-0.2, -0.15) is 16.1 Å². The molecule has 3 rings (SSSR count). The maximum absolute atomic E-state index is 12.6. The van der Waals surface area contributed by atoms with Crippen LogP contribution in [-0.2, 0) is 45.9 Å². The van der Waals surface area contributed by atoms with Crippen molar-refractivity contribution in [1.82, 2.24) is 30.2 Å². The zero-order valence-electron chi connectivity index (χ0n) is 28.4. The second kappa shape index (κ2) is 19.4. The summed E-state index contributed by atoms with van der Waals surface area (Å²) in [5.74, 6) is 2.77. The Labute approximate surface area is 307 Å². The van der Waals surface area contributed by atoms with E-state index in [4.69, 9.17) is 25.9 Å². The van der Waals surface area contributed by atoms with Gasteiger partial charge in [0.15, 0.2) is 17.7 Å². The van der Waals surface area contributed by atoms with E-state index >= 15 is 0 Å². The Morgan fingerprint density at radius 3 is 2.49 bits per heavy atom. The highest BCUT2D eigenvalue weighted by atomic mass is 32.2. The molecule has 1 saturated heterocycles. The number of hydrogen-bond donors (Lipinski definition) is 9. The summed E-state index contributed by atoms with van der Waals surface area (Å²) < 4.78 is 62.0. The topological polar surface area (TPSA) is 347 Å². The third-order valence-electron chi connectivity index (χ3n) is 7.26. The number of unbranched alkanes of at least 4 members (excludes halogenated alkanes) is 1. The van der Waals surface area contributed by atoms with E-state index in [0.29, 0.717) is 18.7 Å². The lowest BCUT2D eigenvalue weighted by Gasteiger charge is -2.30. The molecule has 10 N–H and O–H groups in total. The summed E-state index contributed by atoms with van der Waals surface area (Å²) >= 11 is 1.63. The molecule has 0 radical (unpaired) electrons. The summed E-state index contributed by atoms with van der Waals surface area (Å²) in [5, 5.41) is 26.4. The van der Waals surface area contributed by atoms with Gasteiger partial charge in [-0.25, -0.2) is 28.6 Å². The van der Waals surface area contributed by atoms with E-state index in [-0.39, 0.29) is 35.9 Å². The SMILES string of the molecule is C#CCCCSCCNC(=O)CCNC(=O)[C@H](O)C(C)(C)COP(=O)(O)OP(=O)(O)OC[C@H]1O[C@@H](n2cnc3c(N)ncnc32)[C@H](O)[C@@H]1OP(=O)(O)O. The lowest BCUT2D eigenvalue weighted by atomic mass is 9.87. The van der Waals surface area contributed by atoms with Crippen LogP contribution in [0.25, 0.3) is 11.2 Å². The molecule has 7 atom stereocenters.